The summed E-state index contributed by atoms with van der Waals surface area (Å²) >= 11 is 0. The van der Waals surface area contributed by atoms with E-state index in [9.17, 15) is 10.1 Å². The van der Waals surface area contributed by atoms with Gasteiger partial charge in [-0.25, -0.2) is 4.79 Å². The Morgan fingerprint density at radius 2 is 1.86 bits per heavy atom. The largest absolute Gasteiger partial charge is 0.462 e. The van der Waals surface area contributed by atoms with Crippen LogP contribution in [0.1, 0.15) is 72.1 Å². The van der Waals surface area contributed by atoms with Gasteiger partial charge in [0.25, 0.3) is 0 Å². The first kappa shape index (κ1) is 22.5. The maximum Gasteiger partial charge on any atom is 0.349 e. The molecule has 0 aromatic heterocycles. The molecule has 5 nitrogen and oxygen atoms in total. The molecule has 2 aliphatic rings. The maximum atomic E-state index is 12.5. The number of rotatable bonds is 9. The molecule has 28 heavy (non-hydrogen) atoms. The van der Waals surface area contributed by atoms with Crippen LogP contribution in [-0.4, -0.2) is 43.8 Å². The Hall–Kier alpha value is -1.80. The smallest absolute Gasteiger partial charge is 0.349 e. The SMILES string of the molecule is CCCCCCCCOC(=O)/C(C#N)=C1\C=C(N2CCOCC2)CC(C)(C)C1. The molecule has 1 aliphatic carbocycles. The first-order valence-corrected chi connectivity index (χ1v) is 10.8. The fourth-order valence-electron chi connectivity index (χ4n) is 3.95. The fourth-order valence-corrected chi connectivity index (χ4v) is 3.95. The predicted octanol–water partition coefficient (Wildman–Crippen LogP) is 4.75. The van der Waals surface area contributed by atoms with Crippen molar-refractivity contribution in [2.24, 2.45) is 5.41 Å². The van der Waals surface area contributed by atoms with Crippen molar-refractivity contribution in [1.82, 2.24) is 4.90 Å². The maximum absolute atomic E-state index is 12.5. The standard InChI is InChI=1S/C23H36N2O3/c1-4-5-6-7-8-9-12-28-22(26)21(18-24)19-15-20(17-23(2,3)16-19)25-10-13-27-14-11-25/h15H,4-14,16-17H2,1-3H3/b21-19+. The van der Waals surface area contributed by atoms with Gasteiger partial charge < -0.3 is 14.4 Å². The Labute approximate surface area is 170 Å². The molecule has 0 aromatic rings. The van der Waals surface area contributed by atoms with Crippen LogP contribution in [-0.2, 0) is 14.3 Å². The minimum absolute atomic E-state index is 0.0133. The molecule has 0 atom stereocenters. The fraction of sp³-hybridized carbons (Fsp3) is 0.739. The van der Waals surface area contributed by atoms with Crippen molar-refractivity contribution in [3.8, 4) is 6.07 Å². The van der Waals surface area contributed by atoms with E-state index in [1.807, 2.05) is 6.08 Å². The molecule has 156 valence electrons. The molecule has 1 heterocycles. The molecule has 2 rings (SSSR count). The number of hydrogen-bond acceptors (Lipinski definition) is 5. The monoisotopic (exact) mass is 388 g/mol. The second kappa shape index (κ2) is 11.3. The molecule has 1 saturated heterocycles. The Balaban J connectivity index is 2.01. The lowest BCUT2D eigenvalue weighted by atomic mass is 9.75. The van der Waals surface area contributed by atoms with Crippen molar-refractivity contribution < 1.29 is 14.3 Å². The van der Waals surface area contributed by atoms with Crippen molar-refractivity contribution in [3.63, 3.8) is 0 Å². The highest BCUT2D eigenvalue weighted by atomic mass is 16.5. The van der Waals surface area contributed by atoms with Crippen LogP contribution in [0.4, 0.5) is 0 Å². The number of esters is 1. The number of allylic oxidation sites excluding steroid dienone is 3. The average molecular weight is 389 g/mol. The van der Waals surface area contributed by atoms with Crippen LogP contribution in [0.2, 0.25) is 0 Å². The minimum Gasteiger partial charge on any atom is -0.462 e. The Morgan fingerprint density at radius 3 is 2.54 bits per heavy atom. The van der Waals surface area contributed by atoms with Crippen molar-refractivity contribution in [3.05, 3.63) is 22.9 Å². The quantitative estimate of drug-likeness (QED) is 0.247. The molecule has 0 radical (unpaired) electrons. The Bertz CT molecular complexity index is 622. The summed E-state index contributed by atoms with van der Waals surface area (Å²) in [6.07, 6.45) is 10.5. The van der Waals surface area contributed by atoms with Crippen LogP contribution in [0.25, 0.3) is 0 Å². The van der Waals surface area contributed by atoms with Crippen LogP contribution >= 0.6 is 0 Å². The number of carbonyl (C=O) groups is 1. The van der Waals surface area contributed by atoms with Gasteiger partial charge in [-0.15, -0.1) is 0 Å². The molecule has 0 bridgehead atoms. The van der Waals surface area contributed by atoms with E-state index in [2.05, 4.69) is 31.7 Å². The summed E-state index contributed by atoms with van der Waals surface area (Å²) < 4.78 is 10.9. The highest BCUT2D eigenvalue weighted by molar-refractivity contribution is 5.94. The highest BCUT2D eigenvalue weighted by Crippen LogP contribution is 2.40. The summed E-state index contributed by atoms with van der Waals surface area (Å²) in [5, 5.41) is 9.64. The average Bonchev–Trinajstić information content (AvgIpc) is 2.67. The lowest BCUT2D eigenvalue weighted by molar-refractivity contribution is -0.138. The summed E-state index contributed by atoms with van der Waals surface area (Å²) in [6.45, 7) is 10.1. The van der Waals surface area contributed by atoms with E-state index in [0.29, 0.717) is 6.61 Å². The van der Waals surface area contributed by atoms with Crippen LogP contribution in [0.3, 0.4) is 0 Å². The van der Waals surface area contributed by atoms with E-state index in [4.69, 9.17) is 9.47 Å². The second-order valence-corrected chi connectivity index (χ2v) is 8.67. The molecule has 0 unspecified atom stereocenters. The molecule has 1 aliphatic heterocycles. The summed E-state index contributed by atoms with van der Waals surface area (Å²) in [6, 6.07) is 2.12. The van der Waals surface area contributed by atoms with Crippen LogP contribution < -0.4 is 0 Å². The lowest BCUT2D eigenvalue weighted by Crippen LogP contribution is -2.38. The van der Waals surface area contributed by atoms with E-state index in [0.717, 1.165) is 57.6 Å². The first-order valence-electron chi connectivity index (χ1n) is 10.8. The van der Waals surface area contributed by atoms with Crippen molar-refractivity contribution >= 4 is 5.97 Å². The van der Waals surface area contributed by atoms with E-state index in [1.54, 1.807) is 0 Å². The van der Waals surface area contributed by atoms with Crippen molar-refractivity contribution in [1.29, 1.82) is 5.26 Å². The number of carbonyl (C=O) groups excluding carboxylic acids is 1. The third-order valence-corrected chi connectivity index (χ3v) is 5.45. The number of hydrogen-bond donors (Lipinski definition) is 0. The zero-order valence-electron chi connectivity index (χ0n) is 17.9. The van der Waals surface area contributed by atoms with E-state index < -0.39 is 5.97 Å². The topological polar surface area (TPSA) is 62.6 Å². The van der Waals surface area contributed by atoms with Gasteiger partial charge in [0, 0.05) is 18.8 Å². The van der Waals surface area contributed by atoms with Gasteiger partial charge in [-0.1, -0.05) is 52.9 Å². The Morgan fingerprint density at radius 1 is 1.18 bits per heavy atom. The minimum atomic E-state index is -0.471. The molecule has 0 amide bonds. The summed E-state index contributed by atoms with van der Waals surface area (Å²) in [5.74, 6) is -0.471. The number of ether oxygens (including phenoxy) is 2. The third-order valence-electron chi connectivity index (χ3n) is 5.45. The van der Waals surface area contributed by atoms with Crippen LogP contribution in [0.5, 0.6) is 0 Å². The number of nitrogens with zero attached hydrogens (tertiary/aromatic N) is 2. The third kappa shape index (κ3) is 6.98. The van der Waals surface area contributed by atoms with E-state index in [1.165, 1.54) is 31.4 Å². The Kier molecular flexibility index (Phi) is 9.05. The summed E-state index contributed by atoms with van der Waals surface area (Å²) in [7, 11) is 0. The summed E-state index contributed by atoms with van der Waals surface area (Å²) in [4.78, 5) is 14.9. The van der Waals surface area contributed by atoms with Crippen molar-refractivity contribution in [2.75, 3.05) is 32.9 Å². The zero-order valence-corrected chi connectivity index (χ0v) is 17.9. The number of unbranched alkanes of at least 4 members (excludes halogenated alkanes) is 5. The van der Waals surface area contributed by atoms with Gasteiger partial charge in [0.05, 0.1) is 19.8 Å². The molecule has 5 heteroatoms. The molecule has 0 spiro atoms. The normalized spacial score (nSPS) is 20.9. The number of nitriles is 1. The molecule has 1 fully saturated rings. The van der Waals surface area contributed by atoms with Crippen LogP contribution in [0.15, 0.2) is 22.9 Å². The van der Waals surface area contributed by atoms with Crippen molar-refractivity contribution in [2.45, 2.75) is 72.1 Å². The lowest BCUT2D eigenvalue weighted by Gasteiger charge is -2.39. The molecular formula is C23H36N2O3. The second-order valence-electron chi connectivity index (χ2n) is 8.67. The molecule has 0 N–H and O–H groups in total. The van der Waals surface area contributed by atoms with Gasteiger partial charge in [0.15, 0.2) is 0 Å². The van der Waals surface area contributed by atoms with Gasteiger partial charge in [-0.05, 0) is 36.3 Å². The first-order chi connectivity index (χ1) is 13.5. The van der Waals surface area contributed by atoms with Gasteiger partial charge in [0.2, 0.25) is 0 Å². The highest BCUT2D eigenvalue weighted by Gasteiger charge is 2.31. The van der Waals surface area contributed by atoms with Gasteiger partial charge in [0.1, 0.15) is 11.6 Å². The number of morpholine rings is 1. The zero-order chi connectivity index (χ0) is 20.4. The predicted molar refractivity (Wildman–Crippen MR) is 110 cm³/mol. The van der Waals surface area contributed by atoms with Gasteiger partial charge in [-0.3, -0.25) is 0 Å². The summed E-state index contributed by atoms with van der Waals surface area (Å²) in [5.41, 5.74) is 2.20. The van der Waals surface area contributed by atoms with Gasteiger partial charge >= 0.3 is 5.97 Å². The molecule has 0 saturated carbocycles. The molecular weight excluding hydrogens is 352 g/mol. The van der Waals surface area contributed by atoms with Gasteiger partial charge in [-0.2, -0.15) is 5.26 Å². The van der Waals surface area contributed by atoms with E-state index in [-0.39, 0.29) is 11.0 Å². The molecule has 0 aromatic carbocycles. The van der Waals surface area contributed by atoms with E-state index >= 15 is 0 Å². The van der Waals surface area contributed by atoms with Crippen LogP contribution in [0, 0.1) is 16.7 Å².